The van der Waals surface area contributed by atoms with Gasteiger partial charge in [0.25, 0.3) is 10.0 Å². The molecule has 0 radical (unpaired) electrons. The molecule has 0 aliphatic carbocycles. The normalized spacial score (nSPS) is 12.1. The number of nitrogens with one attached hydrogen (secondary N) is 1. The van der Waals surface area contributed by atoms with Gasteiger partial charge in [-0.3, -0.25) is 13.9 Å². The Balaban J connectivity index is 2.08. The Morgan fingerprint density at radius 2 is 1.63 bits per heavy atom. The summed E-state index contributed by atoms with van der Waals surface area (Å²) < 4.78 is 29.0. The number of rotatable bonds is 10. The largest absolute Gasteiger partial charge is 0.355 e. The molecule has 0 unspecified atom stereocenters. The van der Waals surface area contributed by atoms with Crippen molar-refractivity contribution in [2.45, 2.75) is 52.1 Å². The number of halogens is 1. The van der Waals surface area contributed by atoms with Crippen molar-refractivity contribution >= 4 is 39.1 Å². The molecule has 0 saturated carbocycles. The van der Waals surface area contributed by atoms with Crippen LogP contribution in [0.2, 0.25) is 5.02 Å². The Kier molecular flexibility index (Phi) is 9.57. The van der Waals surface area contributed by atoms with E-state index in [9.17, 15) is 18.0 Å². The summed E-state index contributed by atoms with van der Waals surface area (Å²) in [6.45, 7) is 9.02. The first-order valence-corrected chi connectivity index (χ1v) is 14.2. The molecule has 38 heavy (non-hydrogen) atoms. The highest BCUT2D eigenvalue weighted by Crippen LogP contribution is 2.29. The predicted octanol–water partition coefficient (Wildman–Crippen LogP) is 5.01. The minimum Gasteiger partial charge on any atom is -0.355 e. The van der Waals surface area contributed by atoms with Gasteiger partial charge in [-0.25, -0.2) is 8.42 Å². The molecule has 0 saturated heterocycles. The third-order valence-corrected chi connectivity index (χ3v) is 8.50. The lowest BCUT2D eigenvalue weighted by Gasteiger charge is -2.32. The highest BCUT2D eigenvalue weighted by Gasteiger charge is 2.33. The molecule has 3 aromatic carbocycles. The number of nitrogens with zero attached hydrogens (tertiary/aromatic N) is 2. The zero-order valence-corrected chi connectivity index (χ0v) is 23.9. The number of carbonyl (C=O) groups excluding carboxylic acids is 2. The maximum atomic E-state index is 13.9. The summed E-state index contributed by atoms with van der Waals surface area (Å²) in [6, 6.07) is 18.0. The minimum atomic E-state index is -4.11. The Labute approximate surface area is 230 Å². The molecule has 0 aliphatic rings. The van der Waals surface area contributed by atoms with Gasteiger partial charge in [0.05, 0.1) is 10.6 Å². The lowest BCUT2D eigenvalue weighted by atomic mass is 10.1. The van der Waals surface area contributed by atoms with Crippen molar-refractivity contribution < 1.29 is 18.0 Å². The molecule has 0 heterocycles. The van der Waals surface area contributed by atoms with Crippen LogP contribution in [0.1, 0.15) is 36.1 Å². The third-order valence-electron chi connectivity index (χ3n) is 6.49. The number of amides is 2. The third kappa shape index (κ3) is 6.74. The topological polar surface area (TPSA) is 86.8 Å². The molecule has 0 fully saturated rings. The van der Waals surface area contributed by atoms with Crippen molar-refractivity contribution in [3.05, 3.63) is 94.0 Å². The second-order valence-electron chi connectivity index (χ2n) is 9.27. The van der Waals surface area contributed by atoms with Crippen LogP contribution in [0.4, 0.5) is 5.69 Å². The van der Waals surface area contributed by atoms with E-state index in [1.165, 1.54) is 17.0 Å². The Morgan fingerprint density at radius 3 is 2.26 bits per heavy atom. The summed E-state index contributed by atoms with van der Waals surface area (Å²) in [5, 5.41) is 3.25. The Morgan fingerprint density at radius 1 is 0.974 bits per heavy atom. The van der Waals surface area contributed by atoms with Crippen molar-refractivity contribution in [2.75, 3.05) is 17.4 Å². The Bertz CT molecular complexity index is 1410. The number of hydrogen-bond acceptors (Lipinski definition) is 4. The molecule has 2 amide bonds. The first-order chi connectivity index (χ1) is 17.9. The van der Waals surface area contributed by atoms with Crippen molar-refractivity contribution in [3.8, 4) is 0 Å². The fourth-order valence-electron chi connectivity index (χ4n) is 4.09. The molecule has 3 aromatic rings. The van der Waals surface area contributed by atoms with Crippen LogP contribution in [0.25, 0.3) is 0 Å². The lowest BCUT2D eigenvalue weighted by molar-refractivity contribution is -0.139. The van der Waals surface area contributed by atoms with Crippen LogP contribution < -0.4 is 9.62 Å². The number of carbonyl (C=O) groups is 2. The van der Waals surface area contributed by atoms with Crippen LogP contribution in [0.3, 0.4) is 0 Å². The van der Waals surface area contributed by atoms with Gasteiger partial charge in [-0.2, -0.15) is 0 Å². The molecule has 1 atom stereocenters. The van der Waals surface area contributed by atoms with Gasteiger partial charge in [-0.05, 0) is 81.6 Å². The quantitative estimate of drug-likeness (QED) is 0.381. The van der Waals surface area contributed by atoms with Crippen molar-refractivity contribution in [3.63, 3.8) is 0 Å². The lowest BCUT2D eigenvalue weighted by Crippen LogP contribution is -2.51. The molecule has 0 spiro atoms. The molecule has 0 aliphatic heterocycles. The number of likely N-dealkylation sites (N-methyl/N-ethyl adjacent to an activating group) is 1. The number of anilines is 1. The molecule has 7 nitrogen and oxygen atoms in total. The van der Waals surface area contributed by atoms with Crippen molar-refractivity contribution in [1.29, 1.82) is 0 Å². The van der Waals surface area contributed by atoms with E-state index in [1.807, 2.05) is 32.9 Å². The molecule has 1 N–H and O–H groups in total. The molecular weight excluding hydrogens is 522 g/mol. The number of benzene rings is 3. The zero-order chi connectivity index (χ0) is 28.0. The average molecular weight is 556 g/mol. The molecule has 3 rings (SSSR count). The van der Waals surface area contributed by atoms with Crippen molar-refractivity contribution in [1.82, 2.24) is 10.2 Å². The van der Waals surface area contributed by atoms with Crippen LogP contribution >= 0.6 is 11.6 Å². The molecule has 0 bridgehead atoms. The summed E-state index contributed by atoms with van der Waals surface area (Å²) in [7, 11) is -4.11. The molecule has 9 heteroatoms. The van der Waals surface area contributed by atoms with Gasteiger partial charge in [0.15, 0.2) is 0 Å². The zero-order valence-electron chi connectivity index (χ0n) is 22.4. The summed E-state index contributed by atoms with van der Waals surface area (Å²) in [5.74, 6) is -0.845. The van der Waals surface area contributed by atoms with E-state index < -0.39 is 28.5 Å². The van der Waals surface area contributed by atoms with E-state index in [2.05, 4.69) is 5.32 Å². The maximum absolute atomic E-state index is 13.9. The van der Waals surface area contributed by atoms with Crippen molar-refractivity contribution in [2.24, 2.45) is 0 Å². The van der Waals surface area contributed by atoms with Gasteiger partial charge >= 0.3 is 0 Å². The smallest absolute Gasteiger partial charge is 0.264 e. The maximum Gasteiger partial charge on any atom is 0.264 e. The number of aryl methyl sites for hydroxylation is 2. The highest BCUT2D eigenvalue weighted by atomic mass is 35.5. The van der Waals surface area contributed by atoms with E-state index >= 15 is 0 Å². The van der Waals surface area contributed by atoms with E-state index in [0.717, 1.165) is 26.6 Å². The number of hydrogen-bond donors (Lipinski definition) is 1. The van der Waals surface area contributed by atoms with Gasteiger partial charge in [0.2, 0.25) is 11.8 Å². The fourth-order valence-corrected chi connectivity index (χ4v) is 5.78. The number of sulfonamides is 1. The monoisotopic (exact) mass is 555 g/mol. The van der Waals surface area contributed by atoms with Crippen LogP contribution in [0.15, 0.2) is 71.6 Å². The first-order valence-electron chi connectivity index (χ1n) is 12.4. The van der Waals surface area contributed by atoms with Crippen LogP contribution in [0, 0.1) is 20.8 Å². The predicted molar refractivity (Wildman–Crippen MR) is 152 cm³/mol. The summed E-state index contributed by atoms with van der Waals surface area (Å²) in [4.78, 5) is 28.2. The summed E-state index contributed by atoms with van der Waals surface area (Å²) >= 11 is 6.16. The standard InChI is InChI=1S/C29H34ClN3O4S/c1-6-31-29(35)23(5)32(18-24-10-8-11-25(30)17-24)28(34)19-33(27-12-7-9-21(3)22(27)4)38(36,37)26-15-13-20(2)14-16-26/h7-17,23H,6,18-19H2,1-5H3,(H,31,35)/t23-/m1/s1. The van der Waals surface area contributed by atoms with Gasteiger partial charge in [-0.15, -0.1) is 0 Å². The second-order valence-corrected chi connectivity index (χ2v) is 11.6. The SMILES string of the molecule is CCNC(=O)[C@@H](C)N(Cc1cccc(Cl)c1)C(=O)CN(c1cccc(C)c1C)S(=O)(=O)c1ccc(C)cc1. The minimum absolute atomic E-state index is 0.0787. The first kappa shape index (κ1) is 29.2. The van der Waals surface area contributed by atoms with Gasteiger partial charge in [0, 0.05) is 18.1 Å². The van der Waals surface area contributed by atoms with Gasteiger partial charge < -0.3 is 10.2 Å². The molecule has 0 aromatic heterocycles. The van der Waals surface area contributed by atoms with Gasteiger partial charge in [-0.1, -0.05) is 53.6 Å². The van der Waals surface area contributed by atoms with Crippen LogP contribution in [-0.4, -0.2) is 44.3 Å². The van der Waals surface area contributed by atoms with E-state index in [0.29, 0.717) is 17.3 Å². The highest BCUT2D eigenvalue weighted by molar-refractivity contribution is 7.92. The summed E-state index contributed by atoms with van der Waals surface area (Å²) in [5.41, 5.74) is 3.69. The molecular formula is C29H34ClN3O4S. The van der Waals surface area contributed by atoms with Crippen LogP contribution in [-0.2, 0) is 26.2 Å². The Hall–Kier alpha value is -3.36. The second kappa shape index (κ2) is 12.5. The molecule has 202 valence electrons. The van der Waals surface area contributed by atoms with Crippen LogP contribution in [0.5, 0.6) is 0 Å². The van der Waals surface area contributed by atoms with E-state index in [4.69, 9.17) is 11.6 Å². The average Bonchev–Trinajstić information content (AvgIpc) is 2.87. The van der Waals surface area contributed by atoms with E-state index in [-0.39, 0.29) is 17.3 Å². The van der Waals surface area contributed by atoms with E-state index in [1.54, 1.807) is 56.3 Å². The fraction of sp³-hybridized carbons (Fsp3) is 0.310. The summed E-state index contributed by atoms with van der Waals surface area (Å²) in [6.07, 6.45) is 0. The van der Waals surface area contributed by atoms with Gasteiger partial charge in [0.1, 0.15) is 12.6 Å².